The van der Waals surface area contributed by atoms with Crippen molar-refractivity contribution in [1.82, 2.24) is 9.21 Å². The van der Waals surface area contributed by atoms with Crippen molar-refractivity contribution < 1.29 is 22.9 Å². The van der Waals surface area contributed by atoms with E-state index >= 15 is 0 Å². The van der Waals surface area contributed by atoms with Crippen LogP contribution in [0, 0.1) is 16.0 Å². The molecule has 0 radical (unpaired) electrons. The third-order valence-corrected chi connectivity index (χ3v) is 8.18. The molecule has 0 spiro atoms. The molecule has 0 saturated carbocycles. The number of rotatable bonds is 5. The highest BCUT2D eigenvalue weighted by molar-refractivity contribution is 7.89. The average Bonchev–Trinajstić information content (AvgIpc) is 3.35. The monoisotopic (exact) mass is 452 g/mol. The molecule has 170 valence electrons. The van der Waals surface area contributed by atoms with Crippen molar-refractivity contribution in [3.63, 3.8) is 0 Å². The Morgan fingerprint density at radius 1 is 1.06 bits per heavy atom. The van der Waals surface area contributed by atoms with Gasteiger partial charge in [-0.05, 0) is 37.8 Å². The molecule has 0 N–H and O–H groups in total. The second-order valence-corrected chi connectivity index (χ2v) is 10.2. The summed E-state index contributed by atoms with van der Waals surface area (Å²) in [5.41, 5.74) is 0.129. The number of anilines is 1. The van der Waals surface area contributed by atoms with E-state index in [-0.39, 0.29) is 22.4 Å². The molecule has 3 aliphatic heterocycles. The number of amides is 1. The molecule has 3 saturated heterocycles. The number of morpholine rings is 1. The largest absolute Gasteiger partial charge is 0.378 e. The van der Waals surface area contributed by atoms with Gasteiger partial charge in [0.15, 0.2) is 0 Å². The van der Waals surface area contributed by atoms with Gasteiger partial charge in [-0.2, -0.15) is 4.31 Å². The molecule has 3 fully saturated rings. The smallest absolute Gasteiger partial charge is 0.293 e. The van der Waals surface area contributed by atoms with Gasteiger partial charge in [-0.1, -0.05) is 0 Å². The van der Waals surface area contributed by atoms with Gasteiger partial charge in [0.25, 0.3) is 5.69 Å². The van der Waals surface area contributed by atoms with E-state index < -0.39 is 14.9 Å². The fourth-order valence-electron chi connectivity index (χ4n) is 4.59. The zero-order valence-corrected chi connectivity index (χ0v) is 18.3. The van der Waals surface area contributed by atoms with Crippen LogP contribution >= 0.6 is 0 Å². The number of ether oxygens (including phenoxy) is 1. The zero-order chi connectivity index (χ0) is 22.0. The molecule has 3 aliphatic rings. The Labute approximate surface area is 181 Å². The molecule has 0 bridgehead atoms. The molecule has 1 atom stereocenters. The van der Waals surface area contributed by atoms with Crippen molar-refractivity contribution in [2.24, 2.45) is 5.92 Å². The van der Waals surface area contributed by atoms with Gasteiger partial charge in [0.1, 0.15) is 5.69 Å². The third kappa shape index (κ3) is 4.53. The van der Waals surface area contributed by atoms with Crippen molar-refractivity contribution in [2.45, 2.75) is 30.6 Å². The van der Waals surface area contributed by atoms with Gasteiger partial charge < -0.3 is 14.5 Å². The summed E-state index contributed by atoms with van der Waals surface area (Å²) < 4.78 is 32.4. The Morgan fingerprint density at radius 2 is 1.77 bits per heavy atom. The maximum Gasteiger partial charge on any atom is 0.293 e. The second-order valence-electron chi connectivity index (χ2n) is 8.24. The normalized spacial score (nSPS) is 23.2. The van der Waals surface area contributed by atoms with Crippen LogP contribution < -0.4 is 4.90 Å². The second kappa shape index (κ2) is 9.09. The van der Waals surface area contributed by atoms with Crippen molar-refractivity contribution in [3.05, 3.63) is 28.3 Å². The predicted molar refractivity (Wildman–Crippen MR) is 113 cm³/mol. The highest BCUT2D eigenvalue weighted by Gasteiger charge is 2.34. The average molecular weight is 453 g/mol. The van der Waals surface area contributed by atoms with Gasteiger partial charge in [-0.3, -0.25) is 14.9 Å². The summed E-state index contributed by atoms with van der Waals surface area (Å²) >= 11 is 0. The number of nitrogens with zero attached hydrogens (tertiary/aromatic N) is 4. The molecule has 1 aromatic carbocycles. The number of carbonyl (C=O) groups excluding carboxylic acids is 1. The summed E-state index contributed by atoms with van der Waals surface area (Å²) in [7, 11) is -3.74. The summed E-state index contributed by atoms with van der Waals surface area (Å²) in [6.07, 6.45) is 3.07. The Bertz CT molecular complexity index is 941. The number of carbonyl (C=O) groups is 1. The first-order chi connectivity index (χ1) is 14.9. The van der Waals surface area contributed by atoms with E-state index in [1.165, 1.54) is 16.4 Å². The fraction of sp³-hybridized carbons (Fsp3) is 0.650. The van der Waals surface area contributed by atoms with Crippen LogP contribution in [0.3, 0.4) is 0 Å². The molecule has 0 aromatic heterocycles. The molecule has 3 heterocycles. The Morgan fingerprint density at radius 3 is 2.45 bits per heavy atom. The number of sulfonamides is 1. The predicted octanol–water partition coefficient (Wildman–Crippen LogP) is 1.45. The Balaban J connectivity index is 1.56. The molecule has 1 unspecified atom stereocenters. The van der Waals surface area contributed by atoms with Gasteiger partial charge in [-0.15, -0.1) is 0 Å². The lowest BCUT2D eigenvalue weighted by atomic mass is 9.95. The topological polar surface area (TPSA) is 113 Å². The first-order valence-corrected chi connectivity index (χ1v) is 12.2. The van der Waals surface area contributed by atoms with Gasteiger partial charge >= 0.3 is 0 Å². The third-order valence-electron chi connectivity index (χ3n) is 6.28. The summed E-state index contributed by atoms with van der Waals surface area (Å²) in [5.74, 6) is -0.177. The van der Waals surface area contributed by atoms with E-state index in [2.05, 4.69) is 0 Å². The van der Waals surface area contributed by atoms with Crippen molar-refractivity contribution >= 4 is 27.3 Å². The molecule has 31 heavy (non-hydrogen) atoms. The number of benzene rings is 1. The maximum atomic E-state index is 12.9. The van der Waals surface area contributed by atoms with Crippen LogP contribution in [0.4, 0.5) is 11.4 Å². The minimum atomic E-state index is -3.74. The highest BCUT2D eigenvalue weighted by atomic mass is 32.2. The molecule has 1 amide bonds. The van der Waals surface area contributed by atoms with E-state index in [9.17, 15) is 23.3 Å². The van der Waals surface area contributed by atoms with Crippen LogP contribution in [0.25, 0.3) is 0 Å². The van der Waals surface area contributed by atoms with E-state index in [4.69, 9.17) is 4.74 Å². The van der Waals surface area contributed by atoms with Crippen LogP contribution in [0.5, 0.6) is 0 Å². The number of hydrogen-bond acceptors (Lipinski definition) is 7. The Hall–Kier alpha value is -2.24. The highest BCUT2D eigenvalue weighted by Crippen LogP contribution is 2.35. The molecule has 10 nitrogen and oxygen atoms in total. The van der Waals surface area contributed by atoms with Crippen LogP contribution in [0.2, 0.25) is 0 Å². The molecular weight excluding hydrogens is 424 g/mol. The van der Waals surface area contributed by atoms with Gasteiger partial charge in [0.2, 0.25) is 15.9 Å². The molecular formula is C20H28N4O6S. The lowest BCUT2D eigenvalue weighted by Gasteiger charge is -2.37. The number of hydrogen-bond donors (Lipinski definition) is 0. The Kier molecular flexibility index (Phi) is 6.44. The van der Waals surface area contributed by atoms with Crippen LogP contribution in [0.15, 0.2) is 23.1 Å². The van der Waals surface area contributed by atoms with Gasteiger partial charge in [-0.25, -0.2) is 8.42 Å². The fourth-order valence-corrected chi connectivity index (χ4v) is 6.13. The van der Waals surface area contributed by atoms with E-state index in [1.807, 2.05) is 4.90 Å². The standard InChI is InChI=1S/C20H28N4O6S/c25-20(21-10-12-30-13-11-21)16-4-3-7-22(15-16)18-6-5-17(14-19(18)24(26)27)31(28,29)23-8-1-2-9-23/h5-6,14,16H,1-4,7-13,15H2. The quantitative estimate of drug-likeness (QED) is 0.491. The number of nitro benzene ring substituents is 1. The number of piperidine rings is 1. The van der Waals surface area contributed by atoms with Crippen molar-refractivity contribution in [2.75, 3.05) is 57.4 Å². The molecule has 0 aliphatic carbocycles. The first kappa shape index (κ1) is 22.0. The summed E-state index contributed by atoms with van der Waals surface area (Å²) in [6, 6.07) is 4.13. The van der Waals surface area contributed by atoms with Crippen molar-refractivity contribution in [1.29, 1.82) is 0 Å². The van der Waals surface area contributed by atoms with Crippen molar-refractivity contribution in [3.8, 4) is 0 Å². The van der Waals surface area contributed by atoms with Crippen LogP contribution in [-0.2, 0) is 19.6 Å². The SMILES string of the molecule is O=C(C1CCCN(c2ccc(S(=O)(=O)N3CCCC3)cc2[N+](=O)[O-])C1)N1CCOCC1. The summed E-state index contributed by atoms with van der Waals surface area (Å²) in [5, 5.41) is 11.8. The van der Waals surface area contributed by atoms with Crippen LogP contribution in [0.1, 0.15) is 25.7 Å². The summed E-state index contributed by atoms with van der Waals surface area (Å²) in [6.45, 7) is 4.05. The summed E-state index contributed by atoms with van der Waals surface area (Å²) in [4.78, 5) is 27.8. The van der Waals surface area contributed by atoms with Crippen LogP contribution in [-0.4, -0.2) is 80.9 Å². The first-order valence-electron chi connectivity index (χ1n) is 10.8. The number of nitro groups is 1. The minimum Gasteiger partial charge on any atom is -0.378 e. The molecule has 11 heteroatoms. The maximum absolute atomic E-state index is 12.9. The lowest BCUT2D eigenvalue weighted by Crippen LogP contribution is -2.48. The van der Waals surface area contributed by atoms with E-state index in [0.717, 1.165) is 31.7 Å². The van der Waals surface area contributed by atoms with E-state index in [1.54, 1.807) is 4.90 Å². The van der Waals surface area contributed by atoms with E-state index in [0.29, 0.717) is 58.2 Å². The van der Waals surface area contributed by atoms with Gasteiger partial charge in [0, 0.05) is 45.3 Å². The minimum absolute atomic E-state index is 0.0530. The zero-order valence-electron chi connectivity index (χ0n) is 17.4. The molecule has 1 aromatic rings. The lowest BCUT2D eigenvalue weighted by molar-refractivity contribution is -0.384. The molecule has 4 rings (SSSR count). The van der Waals surface area contributed by atoms with Gasteiger partial charge in [0.05, 0.1) is 29.0 Å².